The fourth-order valence-electron chi connectivity index (χ4n) is 2.12. The Morgan fingerprint density at radius 1 is 1.58 bits per heavy atom. The smallest absolute Gasteiger partial charge is 0.246 e. The highest BCUT2D eigenvalue weighted by molar-refractivity contribution is 7.89. The molecule has 1 aliphatic rings. The van der Waals surface area contributed by atoms with Gasteiger partial charge in [0.25, 0.3) is 0 Å². The van der Waals surface area contributed by atoms with E-state index in [0.29, 0.717) is 19.7 Å². The minimum absolute atomic E-state index is 0.00768. The maximum absolute atomic E-state index is 12.5. The van der Waals surface area contributed by atoms with Crippen LogP contribution in [0.1, 0.15) is 19.8 Å². The summed E-state index contributed by atoms with van der Waals surface area (Å²) < 4.78 is 31.9. The van der Waals surface area contributed by atoms with Crippen molar-refractivity contribution in [1.82, 2.24) is 9.29 Å². The van der Waals surface area contributed by atoms with Crippen LogP contribution in [0, 0.1) is 0 Å². The zero-order valence-corrected chi connectivity index (χ0v) is 12.3. The fraction of sp³-hybridized carbons (Fsp3) is 0.583. The van der Waals surface area contributed by atoms with Crippen LogP contribution < -0.4 is 0 Å². The number of pyridine rings is 1. The van der Waals surface area contributed by atoms with Gasteiger partial charge in [-0.1, -0.05) is 18.5 Å². The number of halogens is 1. The Morgan fingerprint density at radius 2 is 2.37 bits per heavy atom. The number of sulfonamides is 1. The molecule has 1 atom stereocenters. The highest BCUT2D eigenvalue weighted by atomic mass is 35.5. The minimum Gasteiger partial charge on any atom is -0.377 e. The maximum atomic E-state index is 12.5. The van der Waals surface area contributed by atoms with Crippen LogP contribution in [0.15, 0.2) is 23.2 Å². The molecule has 1 fully saturated rings. The SMILES string of the molecule is CCN(CC1CCCO1)S(=O)(=O)c1cccnc1Cl. The third-order valence-corrected chi connectivity index (χ3v) is 5.51. The number of hydrogen-bond acceptors (Lipinski definition) is 4. The highest BCUT2D eigenvalue weighted by Gasteiger charge is 2.29. The summed E-state index contributed by atoms with van der Waals surface area (Å²) in [4.78, 5) is 3.87. The third kappa shape index (κ3) is 3.25. The van der Waals surface area contributed by atoms with Gasteiger partial charge in [0.15, 0.2) is 0 Å². The molecule has 1 aromatic rings. The molecule has 1 aromatic heterocycles. The fourth-order valence-corrected chi connectivity index (χ4v) is 4.02. The van der Waals surface area contributed by atoms with E-state index in [-0.39, 0.29) is 16.2 Å². The molecular weight excluding hydrogens is 288 g/mol. The number of aromatic nitrogens is 1. The highest BCUT2D eigenvalue weighted by Crippen LogP contribution is 2.24. The van der Waals surface area contributed by atoms with Gasteiger partial charge in [0.2, 0.25) is 10.0 Å². The lowest BCUT2D eigenvalue weighted by Crippen LogP contribution is -2.37. The Bertz CT molecular complexity index is 530. The van der Waals surface area contributed by atoms with Crippen LogP contribution in [0.2, 0.25) is 5.15 Å². The molecule has 7 heteroatoms. The molecule has 0 saturated carbocycles. The lowest BCUT2D eigenvalue weighted by molar-refractivity contribution is 0.0947. The van der Waals surface area contributed by atoms with Gasteiger partial charge in [-0.3, -0.25) is 0 Å². The molecule has 0 radical (unpaired) electrons. The summed E-state index contributed by atoms with van der Waals surface area (Å²) in [5.41, 5.74) is 0. The summed E-state index contributed by atoms with van der Waals surface area (Å²) in [7, 11) is -3.61. The second kappa shape index (κ2) is 6.17. The Kier molecular flexibility index (Phi) is 4.78. The van der Waals surface area contributed by atoms with E-state index in [0.717, 1.165) is 12.8 Å². The molecule has 5 nitrogen and oxygen atoms in total. The van der Waals surface area contributed by atoms with Gasteiger partial charge in [0.05, 0.1) is 6.10 Å². The van der Waals surface area contributed by atoms with E-state index in [1.807, 2.05) is 0 Å². The lowest BCUT2D eigenvalue weighted by atomic mass is 10.2. The van der Waals surface area contributed by atoms with Gasteiger partial charge < -0.3 is 4.74 Å². The standard InChI is InChI=1S/C12H17ClN2O3S/c1-2-15(9-10-5-4-8-18-10)19(16,17)11-6-3-7-14-12(11)13/h3,6-7,10H,2,4-5,8-9H2,1H3. The summed E-state index contributed by atoms with van der Waals surface area (Å²) in [6.45, 7) is 3.25. The summed E-state index contributed by atoms with van der Waals surface area (Å²) in [6, 6.07) is 3.04. The van der Waals surface area contributed by atoms with Crippen molar-refractivity contribution >= 4 is 21.6 Å². The number of rotatable bonds is 5. The molecule has 0 amide bonds. The first-order valence-electron chi connectivity index (χ1n) is 6.28. The lowest BCUT2D eigenvalue weighted by Gasteiger charge is -2.23. The summed E-state index contributed by atoms with van der Waals surface area (Å²) in [5.74, 6) is 0. The van der Waals surface area contributed by atoms with E-state index in [1.165, 1.54) is 16.6 Å². The first-order chi connectivity index (χ1) is 9.05. The second-order valence-corrected chi connectivity index (χ2v) is 6.65. The summed E-state index contributed by atoms with van der Waals surface area (Å²) in [6.07, 6.45) is 3.32. The van der Waals surface area contributed by atoms with Gasteiger partial charge in [-0.15, -0.1) is 0 Å². The molecule has 1 unspecified atom stereocenters. The molecule has 0 aliphatic carbocycles. The van der Waals surface area contributed by atoms with E-state index < -0.39 is 10.0 Å². The Balaban J connectivity index is 2.23. The first kappa shape index (κ1) is 14.7. The number of hydrogen-bond donors (Lipinski definition) is 0. The molecule has 0 bridgehead atoms. The zero-order chi connectivity index (χ0) is 13.9. The molecule has 106 valence electrons. The molecule has 2 heterocycles. The third-order valence-electron chi connectivity index (χ3n) is 3.13. The van der Waals surface area contributed by atoms with Gasteiger partial charge in [0.1, 0.15) is 10.0 Å². The largest absolute Gasteiger partial charge is 0.377 e. The van der Waals surface area contributed by atoms with Crippen molar-refractivity contribution in [3.05, 3.63) is 23.5 Å². The van der Waals surface area contributed by atoms with Crippen molar-refractivity contribution in [2.75, 3.05) is 19.7 Å². The molecular formula is C12H17ClN2O3S. The average molecular weight is 305 g/mol. The molecule has 19 heavy (non-hydrogen) atoms. The van der Waals surface area contributed by atoms with Gasteiger partial charge >= 0.3 is 0 Å². The minimum atomic E-state index is -3.61. The van der Waals surface area contributed by atoms with Crippen molar-refractivity contribution < 1.29 is 13.2 Å². The summed E-state index contributed by atoms with van der Waals surface area (Å²) in [5, 5.41) is 0.00768. The zero-order valence-electron chi connectivity index (χ0n) is 10.8. The van der Waals surface area contributed by atoms with Gasteiger partial charge in [-0.25, -0.2) is 13.4 Å². The van der Waals surface area contributed by atoms with Crippen LogP contribution in [0.25, 0.3) is 0 Å². The van der Waals surface area contributed by atoms with Crippen LogP contribution >= 0.6 is 11.6 Å². The van der Waals surface area contributed by atoms with Crippen LogP contribution in [0.4, 0.5) is 0 Å². The van der Waals surface area contributed by atoms with Crippen molar-refractivity contribution in [3.63, 3.8) is 0 Å². The van der Waals surface area contributed by atoms with Crippen molar-refractivity contribution in [1.29, 1.82) is 0 Å². The normalized spacial score (nSPS) is 20.1. The van der Waals surface area contributed by atoms with E-state index in [2.05, 4.69) is 4.98 Å². The predicted molar refractivity (Wildman–Crippen MR) is 72.7 cm³/mol. The number of nitrogens with zero attached hydrogens (tertiary/aromatic N) is 2. The van der Waals surface area contributed by atoms with Gasteiger partial charge in [-0.05, 0) is 25.0 Å². The van der Waals surface area contributed by atoms with E-state index in [4.69, 9.17) is 16.3 Å². The molecule has 0 spiro atoms. The van der Waals surface area contributed by atoms with E-state index in [1.54, 1.807) is 13.0 Å². The van der Waals surface area contributed by atoms with Crippen molar-refractivity contribution in [3.8, 4) is 0 Å². The van der Waals surface area contributed by atoms with Crippen molar-refractivity contribution in [2.24, 2.45) is 0 Å². The molecule has 0 aromatic carbocycles. The molecule has 2 rings (SSSR count). The predicted octanol–water partition coefficient (Wildman–Crippen LogP) is 1.92. The van der Waals surface area contributed by atoms with Crippen LogP contribution in [0.5, 0.6) is 0 Å². The van der Waals surface area contributed by atoms with Crippen LogP contribution in [-0.2, 0) is 14.8 Å². The Labute approximate surface area is 118 Å². The van der Waals surface area contributed by atoms with Gasteiger partial charge in [0, 0.05) is 25.9 Å². The Hall–Kier alpha value is -0.690. The monoisotopic (exact) mass is 304 g/mol. The first-order valence-corrected chi connectivity index (χ1v) is 8.09. The molecule has 1 saturated heterocycles. The maximum Gasteiger partial charge on any atom is 0.246 e. The van der Waals surface area contributed by atoms with Gasteiger partial charge in [-0.2, -0.15) is 4.31 Å². The Morgan fingerprint density at radius 3 is 2.95 bits per heavy atom. The van der Waals surface area contributed by atoms with Crippen molar-refractivity contribution in [2.45, 2.75) is 30.8 Å². The van der Waals surface area contributed by atoms with E-state index in [9.17, 15) is 8.42 Å². The summed E-state index contributed by atoms with van der Waals surface area (Å²) >= 11 is 5.88. The molecule has 1 aliphatic heterocycles. The quantitative estimate of drug-likeness (QED) is 0.780. The number of likely N-dealkylation sites (N-methyl/N-ethyl adjacent to an activating group) is 1. The average Bonchev–Trinajstić information content (AvgIpc) is 2.89. The van der Waals surface area contributed by atoms with Crippen LogP contribution in [-0.4, -0.2) is 43.5 Å². The molecule has 0 N–H and O–H groups in total. The second-order valence-electron chi connectivity index (χ2n) is 4.38. The topological polar surface area (TPSA) is 59.5 Å². The van der Waals surface area contributed by atoms with E-state index >= 15 is 0 Å². The number of ether oxygens (including phenoxy) is 1. The van der Waals surface area contributed by atoms with Crippen LogP contribution in [0.3, 0.4) is 0 Å².